The smallest absolute Gasteiger partial charge is 0.225 e. The van der Waals surface area contributed by atoms with Gasteiger partial charge in [-0.3, -0.25) is 4.79 Å². The van der Waals surface area contributed by atoms with E-state index in [2.05, 4.69) is 20.6 Å². The van der Waals surface area contributed by atoms with E-state index in [1.807, 2.05) is 46.5 Å². The summed E-state index contributed by atoms with van der Waals surface area (Å²) in [7, 11) is 0. The Bertz CT molecular complexity index is 960. The normalized spacial score (nSPS) is 11.0. The zero-order valence-electron chi connectivity index (χ0n) is 12.5. The molecule has 0 radical (unpaired) electrons. The fourth-order valence-corrected chi connectivity index (χ4v) is 3.67. The molecule has 0 unspecified atom stereocenters. The molecule has 1 amide bonds. The fraction of sp³-hybridized carbons (Fsp3) is 0.125. The van der Waals surface area contributed by atoms with Gasteiger partial charge in [-0.2, -0.15) is 21.0 Å². The molecule has 0 aliphatic rings. The van der Waals surface area contributed by atoms with E-state index >= 15 is 0 Å². The van der Waals surface area contributed by atoms with Gasteiger partial charge in [0.1, 0.15) is 0 Å². The highest BCUT2D eigenvalue weighted by Gasteiger charge is 2.11. The van der Waals surface area contributed by atoms with Crippen LogP contribution in [0, 0.1) is 0 Å². The molecule has 0 atom stereocenters. The summed E-state index contributed by atoms with van der Waals surface area (Å²) in [6.45, 7) is 0.297. The van der Waals surface area contributed by atoms with E-state index in [-0.39, 0.29) is 5.91 Å². The summed E-state index contributed by atoms with van der Waals surface area (Å²) in [5.74, 6) is 0.574. The molecule has 0 saturated carbocycles. The van der Waals surface area contributed by atoms with Gasteiger partial charge in [-0.05, 0) is 35.0 Å². The number of hydrogen-bond acceptors (Lipinski definition) is 6. The number of nitrogens with zero attached hydrogens (tertiary/aromatic N) is 4. The second-order valence-corrected chi connectivity index (χ2v) is 6.96. The van der Waals surface area contributed by atoms with Crippen molar-refractivity contribution in [2.24, 2.45) is 0 Å². The molecule has 0 saturated heterocycles. The summed E-state index contributed by atoms with van der Waals surface area (Å²) < 4.78 is 1.68. The molecule has 0 fully saturated rings. The highest BCUT2D eigenvalue weighted by atomic mass is 32.1. The third-order valence-corrected chi connectivity index (χ3v) is 5.06. The number of thiophene rings is 2. The number of nitrogens with one attached hydrogen (secondary N) is 1. The Morgan fingerprint density at radius 2 is 2.12 bits per heavy atom. The summed E-state index contributed by atoms with van der Waals surface area (Å²) in [5.41, 5.74) is 2.58. The lowest BCUT2D eigenvalue weighted by Crippen LogP contribution is -2.25. The molecule has 8 heteroatoms. The maximum absolute atomic E-state index is 12.0. The second-order valence-electron chi connectivity index (χ2n) is 5.15. The van der Waals surface area contributed by atoms with Crippen molar-refractivity contribution in [1.82, 2.24) is 25.1 Å². The van der Waals surface area contributed by atoms with E-state index in [0.717, 1.165) is 16.1 Å². The van der Waals surface area contributed by atoms with Crippen molar-refractivity contribution in [2.75, 3.05) is 0 Å². The first kappa shape index (κ1) is 15.0. The van der Waals surface area contributed by atoms with Crippen LogP contribution in [0.5, 0.6) is 0 Å². The average Bonchev–Trinajstić information content (AvgIpc) is 3.34. The van der Waals surface area contributed by atoms with Crippen molar-refractivity contribution in [1.29, 1.82) is 0 Å². The summed E-state index contributed by atoms with van der Waals surface area (Å²) in [6, 6.07) is 9.71. The van der Waals surface area contributed by atoms with Gasteiger partial charge < -0.3 is 5.32 Å². The predicted molar refractivity (Wildman–Crippen MR) is 94.0 cm³/mol. The van der Waals surface area contributed by atoms with Crippen molar-refractivity contribution < 1.29 is 4.79 Å². The van der Waals surface area contributed by atoms with Crippen LogP contribution in [0.15, 0.2) is 46.5 Å². The number of carbonyl (C=O) groups excluding carboxylic acids is 1. The zero-order chi connectivity index (χ0) is 16.4. The lowest BCUT2D eigenvalue weighted by Gasteiger charge is -2.04. The van der Waals surface area contributed by atoms with Crippen molar-refractivity contribution in [3.05, 3.63) is 57.2 Å². The van der Waals surface area contributed by atoms with Gasteiger partial charge in [0.05, 0.1) is 18.7 Å². The van der Waals surface area contributed by atoms with Crippen molar-refractivity contribution in [3.63, 3.8) is 0 Å². The van der Waals surface area contributed by atoms with Crippen LogP contribution < -0.4 is 5.32 Å². The highest BCUT2D eigenvalue weighted by Crippen LogP contribution is 2.20. The van der Waals surface area contributed by atoms with Gasteiger partial charge >= 0.3 is 0 Å². The molecule has 4 aromatic heterocycles. The Labute approximate surface area is 145 Å². The molecule has 6 nitrogen and oxygen atoms in total. The molecule has 0 aliphatic carbocycles. The van der Waals surface area contributed by atoms with Crippen LogP contribution in [-0.2, 0) is 17.8 Å². The zero-order valence-corrected chi connectivity index (χ0v) is 14.2. The Kier molecular flexibility index (Phi) is 4.06. The standard InChI is InChI=1S/C16H13N5OS2/c22-16(8-12-2-1-6-24-12)17-9-15-19-18-14-4-3-13(20-21(14)15)11-5-7-23-10-11/h1-7,10H,8-9H2,(H,17,22). The maximum atomic E-state index is 12.0. The lowest BCUT2D eigenvalue weighted by molar-refractivity contribution is -0.120. The van der Waals surface area contributed by atoms with Crippen LogP contribution in [0.4, 0.5) is 0 Å². The minimum atomic E-state index is -0.0387. The molecule has 4 rings (SSSR count). The minimum Gasteiger partial charge on any atom is -0.348 e. The molecule has 4 heterocycles. The van der Waals surface area contributed by atoms with Crippen LogP contribution in [-0.4, -0.2) is 25.7 Å². The van der Waals surface area contributed by atoms with E-state index in [1.54, 1.807) is 27.2 Å². The van der Waals surface area contributed by atoms with Gasteiger partial charge in [0.2, 0.25) is 5.91 Å². The van der Waals surface area contributed by atoms with Gasteiger partial charge in [0.25, 0.3) is 0 Å². The largest absolute Gasteiger partial charge is 0.348 e. The number of carbonyl (C=O) groups is 1. The number of aromatic nitrogens is 4. The number of rotatable bonds is 5. The van der Waals surface area contributed by atoms with E-state index in [1.165, 1.54) is 0 Å². The number of hydrogen-bond donors (Lipinski definition) is 1. The quantitative estimate of drug-likeness (QED) is 0.597. The molecule has 0 bridgehead atoms. The molecule has 24 heavy (non-hydrogen) atoms. The van der Waals surface area contributed by atoms with E-state index in [4.69, 9.17) is 0 Å². The van der Waals surface area contributed by atoms with E-state index in [9.17, 15) is 4.79 Å². The monoisotopic (exact) mass is 355 g/mol. The minimum absolute atomic E-state index is 0.0387. The Hall–Kier alpha value is -2.58. The first-order valence-electron chi connectivity index (χ1n) is 7.32. The predicted octanol–water partition coefficient (Wildman–Crippen LogP) is 2.77. The Morgan fingerprint density at radius 1 is 1.17 bits per heavy atom. The molecule has 1 N–H and O–H groups in total. The van der Waals surface area contributed by atoms with Crippen LogP contribution in [0.1, 0.15) is 10.7 Å². The summed E-state index contributed by atoms with van der Waals surface area (Å²) >= 11 is 3.20. The third-order valence-electron chi connectivity index (χ3n) is 3.50. The summed E-state index contributed by atoms with van der Waals surface area (Å²) in [5, 5.41) is 21.7. The van der Waals surface area contributed by atoms with Gasteiger partial charge in [0, 0.05) is 15.8 Å². The van der Waals surface area contributed by atoms with Crippen molar-refractivity contribution in [3.8, 4) is 11.3 Å². The van der Waals surface area contributed by atoms with Gasteiger partial charge in [-0.25, -0.2) is 0 Å². The molecule has 0 aromatic carbocycles. The van der Waals surface area contributed by atoms with Crippen LogP contribution in [0.3, 0.4) is 0 Å². The van der Waals surface area contributed by atoms with Crippen LogP contribution in [0.25, 0.3) is 16.9 Å². The fourth-order valence-electron chi connectivity index (χ4n) is 2.32. The lowest BCUT2D eigenvalue weighted by atomic mass is 10.2. The molecular formula is C16H13N5OS2. The molecule has 0 aliphatic heterocycles. The molecule has 0 spiro atoms. The topological polar surface area (TPSA) is 72.2 Å². The molecule has 4 aromatic rings. The molecule has 120 valence electrons. The first-order chi connectivity index (χ1) is 11.8. The van der Waals surface area contributed by atoms with Crippen molar-refractivity contribution in [2.45, 2.75) is 13.0 Å². The Morgan fingerprint density at radius 3 is 2.92 bits per heavy atom. The summed E-state index contributed by atoms with van der Waals surface area (Å²) in [4.78, 5) is 13.1. The van der Waals surface area contributed by atoms with Gasteiger partial charge in [-0.1, -0.05) is 6.07 Å². The Balaban J connectivity index is 1.51. The van der Waals surface area contributed by atoms with E-state index in [0.29, 0.717) is 24.4 Å². The van der Waals surface area contributed by atoms with Crippen molar-refractivity contribution >= 4 is 34.2 Å². The molecular weight excluding hydrogens is 342 g/mol. The van der Waals surface area contributed by atoms with Gasteiger partial charge in [0.15, 0.2) is 11.5 Å². The van der Waals surface area contributed by atoms with Gasteiger partial charge in [-0.15, -0.1) is 21.5 Å². The average molecular weight is 355 g/mol. The maximum Gasteiger partial charge on any atom is 0.225 e. The second kappa shape index (κ2) is 6.50. The van der Waals surface area contributed by atoms with Crippen LogP contribution in [0.2, 0.25) is 0 Å². The summed E-state index contributed by atoms with van der Waals surface area (Å²) in [6.07, 6.45) is 0.377. The van der Waals surface area contributed by atoms with Crippen LogP contribution >= 0.6 is 22.7 Å². The van der Waals surface area contributed by atoms with E-state index < -0.39 is 0 Å². The number of fused-ring (bicyclic) bond motifs is 1. The highest BCUT2D eigenvalue weighted by molar-refractivity contribution is 7.10. The third kappa shape index (κ3) is 3.06. The first-order valence-corrected chi connectivity index (χ1v) is 9.15. The SMILES string of the molecule is O=C(Cc1cccs1)NCc1nnc2ccc(-c3ccsc3)nn12. The number of amides is 1.